The second-order valence-corrected chi connectivity index (χ2v) is 8.39. The molecule has 1 aromatic rings. The molecule has 3 heteroatoms. The highest BCUT2D eigenvalue weighted by molar-refractivity contribution is 6.30. The van der Waals surface area contributed by atoms with Crippen molar-refractivity contribution in [3.05, 3.63) is 40.4 Å². The van der Waals surface area contributed by atoms with Crippen molar-refractivity contribution in [2.24, 2.45) is 5.41 Å². The molecule has 1 aliphatic carbocycles. The van der Waals surface area contributed by atoms with Crippen LogP contribution < -0.4 is 5.32 Å². The van der Waals surface area contributed by atoms with E-state index in [1.807, 2.05) is 12.1 Å². The number of benzene rings is 1. The molecule has 1 fully saturated rings. The van der Waals surface area contributed by atoms with Gasteiger partial charge in [-0.2, -0.15) is 0 Å². The van der Waals surface area contributed by atoms with Crippen molar-refractivity contribution >= 4 is 17.2 Å². The van der Waals surface area contributed by atoms with Gasteiger partial charge in [-0.15, -0.1) is 0 Å². The van der Waals surface area contributed by atoms with E-state index in [-0.39, 0.29) is 0 Å². The van der Waals surface area contributed by atoms with Crippen molar-refractivity contribution < 1.29 is 0 Å². The Bertz CT molecular complexity index is 574. The molecule has 1 aliphatic heterocycles. The van der Waals surface area contributed by atoms with E-state index < -0.39 is 0 Å². The van der Waals surface area contributed by atoms with Crippen LogP contribution in [-0.2, 0) is 0 Å². The van der Waals surface area contributed by atoms with Crippen molar-refractivity contribution in [2.75, 3.05) is 26.2 Å². The smallest absolute Gasteiger partial charge is 0.0406 e. The summed E-state index contributed by atoms with van der Waals surface area (Å²) in [7, 11) is 0. The van der Waals surface area contributed by atoms with Gasteiger partial charge in [-0.05, 0) is 54.9 Å². The summed E-state index contributed by atoms with van der Waals surface area (Å²) in [6.45, 7) is 11.6. The lowest BCUT2D eigenvalue weighted by atomic mass is 9.72. The third-order valence-corrected chi connectivity index (χ3v) is 5.66. The number of piperazine rings is 1. The van der Waals surface area contributed by atoms with Crippen LogP contribution in [0.3, 0.4) is 0 Å². The highest BCUT2D eigenvalue weighted by atomic mass is 35.5. The van der Waals surface area contributed by atoms with E-state index in [2.05, 4.69) is 43.1 Å². The molecule has 1 unspecified atom stereocenters. The maximum absolute atomic E-state index is 6.09. The summed E-state index contributed by atoms with van der Waals surface area (Å²) >= 11 is 6.09. The van der Waals surface area contributed by atoms with Gasteiger partial charge in [0.15, 0.2) is 0 Å². The Labute approximate surface area is 145 Å². The maximum atomic E-state index is 6.09. The molecule has 2 aliphatic rings. The average Bonchev–Trinajstić information content (AvgIpc) is 2.52. The lowest BCUT2D eigenvalue weighted by Gasteiger charge is -2.39. The molecule has 1 heterocycles. The minimum atomic E-state index is 0.396. The van der Waals surface area contributed by atoms with E-state index in [1.54, 1.807) is 11.1 Å². The van der Waals surface area contributed by atoms with Gasteiger partial charge in [0.1, 0.15) is 0 Å². The Morgan fingerprint density at radius 3 is 2.70 bits per heavy atom. The minimum Gasteiger partial charge on any atom is -0.314 e. The van der Waals surface area contributed by atoms with E-state index >= 15 is 0 Å². The van der Waals surface area contributed by atoms with Crippen molar-refractivity contribution in [1.82, 2.24) is 10.2 Å². The van der Waals surface area contributed by atoms with Crippen LogP contribution in [0.4, 0.5) is 0 Å². The zero-order valence-electron chi connectivity index (χ0n) is 14.7. The zero-order chi connectivity index (χ0) is 16.4. The van der Waals surface area contributed by atoms with Crippen LogP contribution in [0.1, 0.15) is 45.6 Å². The Balaban J connectivity index is 1.89. The largest absolute Gasteiger partial charge is 0.314 e. The molecular formula is C20H29ClN2. The van der Waals surface area contributed by atoms with Gasteiger partial charge in [-0.3, -0.25) is 4.90 Å². The summed E-state index contributed by atoms with van der Waals surface area (Å²) in [6.07, 6.45) is 3.69. The Morgan fingerprint density at radius 2 is 2.00 bits per heavy atom. The predicted molar refractivity (Wildman–Crippen MR) is 99.9 cm³/mol. The molecule has 0 amide bonds. The fourth-order valence-electron chi connectivity index (χ4n) is 3.83. The summed E-state index contributed by atoms with van der Waals surface area (Å²) in [4.78, 5) is 2.64. The highest BCUT2D eigenvalue weighted by Crippen LogP contribution is 2.43. The first-order valence-electron chi connectivity index (χ1n) is 8.86. The first kappa shape index (κ1) is 17.0. The molecule has 0 aromatic heterocycles. The summed E-state index contributed by atoms with van der Waals surface area (Å²) in [5.74, 6) is 0. The fourth-order valence-corrected chi connectivity index (χ4v) is 3.95. The fraction of sp³-hybridized carbons (Fsp3) is 0.600. The molecule has 0 radical (unpaired) electrons. The Morgan fingerprint density at radius 1 is 1.26 bits per heavy atom. The molecular weight excluding hydrogens is 304 g/mol. The van der Waals surface area contributed by atoms with Gasteiger partial charge < -0.3 is 5.32 Å². The molecule has 23 heavy (non-hydrogen) atoms. The summed E-state index contributed by atoms with van der Waals surface area (Å²) in [5.41, 5.74) is 4.96. The van der Waals surface area contributed by atoms with E-state index in [0.717, 1.165) is 31.2 Å². The van der Waals surface area contributed by atoms with Crippen molar-refractivity contribution in [3.8, 4) is 0 Å². The molecule has 126 valence electrons. The summed E-state index contributed by atoms with van der Waals surface area (Å²) < 4.78 is 0. The van der Waals surface area contributed by atoms with Gasteiger partial charge in [0, 0.05) is 37.2 Å². The topological polar surface area (TPSA) is 15.3 Å². The van der Waals surface area contributed by atoms with Crippen LogP contribution in [0, 0.1) is 5.41 Å². The van der Waals surface area contributed by atoms with Crippen molar-refractivity contribution in [3.63, 3.8) is 0 Å². The average molecular weight is 333 g/mol. The zero-order valence-corrected chi connectivity index (χ0v) is 15.4. The van der Waals surface area contributed by atoms with Gasteiger partial charge in [0.2, 0.25) is 0 Å². The van der Waals surface area contributed by atoms with E-state index in [0.29, 0.717) is 11.5 Å². The number of allylic oxidation sites excluding steroid dienone is 1. The van der Waals surface area contributed by atoms with Crippen LogP contribution in [0.2, 0.25) is 5.02 Å². The molecule has 1 saturated heterocycles. The van der Waals surface area contributed by atoms with Crippen LogP contribution >= 0.6 is 11.6 Å². The van der Waals surface area contributed by atoms with Gasteiger partial charge in [-0.25, -0.2) is 0 Å². The molecule has 1 atom stereocenters. The molecule has 3 rings (SSSR count). The summed E-state index contributed by atoms with van der Waals surface area (Å²) in [5, 5.41) is 4.31. The third-order valence-electron chi connectivity index (χ3n) is 5.41. The second kappa shape index (κ2) is 6.96. The van der Waals surface area contributed by atoms with E-state index in [9.17, 15) is 0 Å². The number of rotatable bonds is 3. The lowest BCUT2D eigenvalue weighted by molar-refractivity contribution is 0.184. The molecule has 2 nitrogen and oxygen atoms in total. The van der Waals surface area contributed by atoms with Crippen LogP contribution in [0.25, 0.3) is 5.57 Å². The predicted octanol–water partition coefficient (Wildman–Crippen LogP) is 4.60. The molecule has 0 saturated carbocycles. The van der Waals surface area contributed by atoms with E-state index in [4.69, 9.17) is 11.6 Å². The Kier molecular flexibility index (Phi) is 5.15. The molecule has 1 aromatic carbocycles. The SMILES string of the molecule is CC1CNCCN1CC1=C(c2ccc(Cl)cc2)CC(C)(C)CC1. The first-order valence-corrected chi connectivity index (χ1v) is 9.24. The molecule has 1 N–H and O–H groups in total. The Hall–Kier alpha value is -0.830. The van der Waals surface area contributed by atoms with Gasteiger partial charge >= 0.3 is 0 Å². The third kappa shape index (κ3) is 4.17. The maximum Gasteiger partial charge on any atom is 0.0406 e. The van der Waals surface area contributed by atoms with E-state index in [1.165, 1.54) is 24.8 Å². The quantitative estimate of drug-likeness (QED) is 0.870. The van der Waals surface area contributed by atoms with Crippen molar-refractivity contribution in [2.45, 2.75) is 46.1 Å². The highest BCUT2D eigenvalue weighted by Gasteiger charge is 2.29. The summed E-state index contributed by atoms with van der Waals surface area (Å²) in [6, 6.07) is 9.06. The number of nitrogens with one attached hydrogen (secondary N) is 1. The van der Waals surface area contributed by atoms with Crippen LogP contribution in [0.15, 0.2) is 29.8 Å². The standard InChI is InChI=1S/C20H29ClN2/c1-15-13-22-10-11-23(15)14-17-8-9-20(2,3)12-19(17)16-4-6-18(21)7-5-16/h4-7,15,22H,8-14H2,1-3H3. The molecule has 0 spiro atoms. The van der Waals surface area contributed by atoms with Gasteiger partial charge in [0.25, 0.3) is 0 Å². The second-order valence-electron chi connectivity index (χ2n) is 7.95. The number of hydrogen-bond donors (Lipinski definition) is 1. The first-order chi connectivity index (χ1) is 10.9. The lowest BCUT2D eigenvalue weighted by Crippen LogP contribution is -2.50. The van der Waals surface area contributed by atoms with Crippen molar-refractivity contribution in [1.29, 1.82) is 0 Å². The molecule has 0 bridgehead atoms. The van der Waals surface area contributed by atoms with Gasteiger partial charge in [0.05, 0.1) is 0 Å². The normalized spacial score (nSPS) is 25.7. The number of nitrogens with zero attached hydrogens (tertiary/aromatic N) is 1. The number of halogens is 1. The van der Waals surface area contributed by atoms with Crippen LogP contribution in [0.5, 0.6) is 0 Å². The van der Waals surface area contributed by atoms with Gasteiger partial charge in [-0.1, -0.05) is 43.2 Å². The monoisotopic (exact) mass is 332 g/mol. The van der Waals surface area contributed by atoms with Crippen LogP contribution in [-0.4, -0.2) is 37.1 Å². The minimum absolute atomic E-state index is 0.396. The number of hydrogen-bond acceptors (Lipinski definition) is 2.